The molecule has 1 fully saturated rings. The van der Waals surface area contributed by atoms with Gasteiger partial charge < -0.3 is 4.90 Å². The van der Waals surface area contributed by atoms with Gasteiger partial charge in [-0.25, -0.2) is 4.98 Å². The van der Waals surface area contributed by atoms with Gasteiger partial charge in [-0.05, 0) is 37.5 Å². The normalized spacial score (nSPS) is 14.6. The Morgan fingerprint density at radius 2 is 1.89 bits per heavy atom. The molecule has 1 aliphatic rings. The number of anilines is 2. The average molecular weight is 397 g/mol. The molecule has 2 heterocycles. The molecule has 6 heteroatoms. The van der Waals surface area contributed by atoms with Crippen LogP contribution in [0.3, 0.4) is 0 Å². The van der Waals surface area contributed by atoms with Crippen molar-refractivity contribution in [2.75, 3.05) is 23.4 Å². The number of piperidine rings is 1. The van der Waals surface area contributed by atoms with Crippen molar-refractivity contribution in [1.82, 2.24) is 4.98 Å². The molecule has 0 amide bonds. The second-order valence-electron chi connectivity index (χ2n) is 6.53. The van der Waals surface area contributed by atoms with Crippen LogP contribution in [0.4, 0.5) is 10.8 Å². The Balaban J connectivity index is 1.40. The predicted octanol–water partition coefficient (Wildman–Crippen LogP) is 5.90. The third-order valence-corrected chi connectivity index (χ3v) is 5.72. The zero-order chi connectivity index (χ0) is 18.5. The van der Waals surface area contributed by atoms with Gasteiger partial charge in [0.25, 0.3) is 0 Å². The Bertz CT molecular complexity index is 917. The number of benzene rings is 2. The summed E-state index contributed by atoms with van der Waals surface area (Å²) in [7, 11) is 0. The molecular weight excluding hydrogens is 376 g/mol. The number of halogens is 1. The highest BCUT2D eigenvalue weighted by Crippen LogP contribution is 2.26. The van der Waals surface area contributed by atoms with Crippen LogP contribution in [0.2, 0.25) is 5.02 Å². The second-order valence-corrected chi connectivity index (χ2v) is 7.79. The van der Waals surface area contributed by atoms with E-state index in [1.54, 1.807) is 6.21 Å². The lowest BCUT2D eigenvalue weighted by Gasteiger charge is -2.29. The highest BCUT2D eigenvalue weighted by Gasteiger charge is 2.12. The first-order valence-corrected chi connectivity index (χ1v) is 10.4. The summed E-state index contributed by atoms with van der Waals surface area (Å²) < 4.78 is 0. The minimum atomic E-state index is 0.715. The van der Waals surface area contributed by atoms with Gasteiger partial charge in [-0.2, -0.15) is 5.10 Å². The van der Waals surface area contributed by atoms with E-state index in [-0.39, 0.29) is 0 Å². The van der Waals surface area contributed by atoms with E-state index < -0.39 is 0 Å². The molecule has 2 aromatic carbocycles. The van der Waals surface area contributed by atoms with Crippen molar-refractivity contribution in [3.05, 3.63) is 64.5 Å². The van der Waals surface area contributed by atoms with Gasteiger partial charge in [0.2, 0.25) is 5.13 Å². The number of hydrazone groups is 1. The SMILES string of the molecule is Clc1cc(N2CCCCC2)ccc1C=NNc1nc(-c2ccccc2)cs1. The van der Waals surface area contributed by atoms with Crippen molar-refractivity contribution in [3.63, 3.8) is 0 Å². The highest BCUT2D eigenvalue weighted by atomic mass is 35.5. The number of aromatic nitrogens is 1. The molecule has 0 atom stereocenters. The smallest absolute Gasteiger partial charge is 0.203 e. The number of nitrogens with zero attached hydrogens (tertiary/aromatic N) is 3. The summed E-state index contributed by atoms with van der Waals surface area (Å²) in [6.07, 6.45) is 5.57. The van der Waals surface area contributed by atoms with Gasteiger partial charge in [-0.15, -0.1) is 11.3 Å². The summed E-state index contributed by atoms with van der Waals surface area (Å²) >= 11 is 7.99. The molecule has 1 aliphatic heterocycles. The molecule has 1 aromatic heterocycles. The number of rotatable bonds is 5. The van der Waals surface area contributed by atoms with Crippen molar-refractivity contribution in [3.8, 4) is 11.3 Å². The molecule has 1 N–H and O–H groups in total. The molecule has 0 bridgehead atoms. The van der Waals surface area contributed by atoms with Gasteiger partial charge in [0.15, 0.2) is 0 Å². The maximum absolute atomic E-state index is 6.46. The highest BCUT2D eigenvalue weighted by molar-refractivity contribution is 7.14. The Hall–Kier alpha value is -2.37. The van der Waals surface area contributed by atoms with Gasteiger partial charge in [0.05, 0.1) is 16.9 Å². The van der Waals surface area contributed by atoms with E-state index in [9.17, 15) is 0 Å². The van der Waals surface area contributed by atoms with Crippen LogP contribution in [0.25, 0.3) is 11.3 Å². The maximum Gasteiger partial charge on any atom is 0.203 e. The van der Waals surface area contributed by atoms with Crippen LogP contribution in [-0.4, -0.2) is 24.3 Å². The van der Waals surface area contributed by atoms with Crippen LogP contribution in [0.5, 0.6) is 0 Å². The average Bonchev–Trinajstić information content (AvgIpc) is 3.19. The fourth-order valence-corrected chi connectivity index (χ4v) is 4.09. The Morgan fingerprint density at radius 1 is 1.07 bits per heavy atom. The molecule has 0 saturated carbocycles. The van der Waals surface area contributed by atoms with Gasteiger partial charge in [-0.1, -0.05) is 41.9 Å². The first-order valence-electron chi connectivity index (χ1n) is 9.14. The lowest BCUT2D eigenvalue weighted by atomic mass is 10.1. The summed E-state index contributed by atoms with van der Waals surface area (Å²) in [5.41, 5.74) is 7.13. The third kappa shape index (κ3) is 4.49. The van der Waals surface area contributed by atoms with Gasteiger partial charge in [-0.3, -0.25) is 5.43 Å². The van der Waals surface area contributed by atoms with Crippen molar-refractivity contribution in [2.45, 2.75) is 19.3 Å². The van der Waals surface area contributed by atoms with Crippen molar-refractivity contribution in [2.24, 2.45) is 5.10 Å². The monoisotopic (exact) mass is 396 g/mol. The summed E-state index contributed by atoms with van der Waals surface area (Å²) in [6, 6.07) is 16.3. The Kier molecular flexibility index (Phi) is 5.70. The Morgan fingerprint density at radius 3 is 2.67 bits per heavy atom. The molecule has 0 unspecified atom stereocenters. The van der Waals surface area contributed by atoms with Crippen molar-refractivity contribution >= 4 is 40.0 Å². The van der Waals surface area contributed by atoms with E-state index >= 15 is 0 Å². The molecule has 4 nitrogen and oxygen atoms in total. The first-order chi connectivity index (χ1) is 13.3. The summed E-state index contributed by atoms with van der Waals surface area (Å²) in [5, 5.41) is 7.79. The van der Waals surface area contributed by atoms with Crippen LogP contribution in [0.15, 0.2) is 59.0 Å². The molecule has 138 valence electrons. The van der Waals surface area contributed by atoms with E-state index in [0.29, 0.717) is 5.02 Å². The minimum absolute atomic E-state index is 0.715. The van der Waals surface area contributed by atoms with Crippen LogP contribution in [-0.2, 0) is 0 Å². The molecule has 3 aromatic rings. The maximum atomic E-state index is 6.46. The molecule has 27 heavy (non-hydrogen) atoms. The fourth-order valence-electron chi connectivity index (χ4n) is 3.19. The molecule has 4 rings (SSSR count). The number of hydrogen-bond acceptors (Lipinski definition) is 5. The summed E-state index contributed by atoms with van der Waals surface area (Å²) in [4.78, 5) is 6.96. The molecule has 0 radical (unpaired) electrons. The van der Waals surface area contributed by atoms with Crippen LogP contribution >= 0.6 is 22.9 Å². The minimum Gasteiger partial charge on any atom is -0.371 e. The van der Waals surface area contributed by atoms with E-state index in [4.69, 9.17) is 11.6 Å². The molecule has 0 aliphatic carbocycles. The van der Waals surface area contributed by atoms with E-state index in [0.717, 1.165) is 35.0 Å². The lowest BCUT2D eigenvalue weighted by Crippen LogP contribution is -2.29. The lowest BCUT2D eigenvalue weighted by molar-refractivity contribution is 0.578. The third-order valence-electron chi connectivity index (χ3n) is 4.64. The molecule has 1 saturated heterocycles. The zero-order valence-corrected chi connectivity index (χ0v) is 16.5. The van der Waals surface area contributed by atoms with Crippen LogP contribution < -0.4 is 10.3 Å². The topological polar surface area (TPSA) is 40.5 Å². The fraction of sp³-hybridized carbons (Fsp3) is 0.238. The number of nitrogens with one attached hydrogen (secondary N) is 1. The number of hydrogen-bond donors (Lipinski definition) is 1. The molecular formula is C21H21ClN4S. The first kappa shape index (κ1) is 18.0. The summed E-state index contributed by atoms with van der Waals surface area (Å²) in [5.74, 6) is 0. The van der Waals surface area contributed by atoms with Gasteiger partial charge in [0, 0.05) is 35.3 Å². The van der Waals surface area contributed by atoms with Crippen LogP contribution in [0.1, 0.15) is 24.8 Å². The van der Waals surface area contributed by atoms with Gasteiger partial charge in [0.1, 0.15) is 0 Å². The zero-order valence-electron chi connectivity index (χ0n) is 14.9. The predicted molar refractivity (Wildman–Crippen MR) is 116 cm³/mol. The van der Waals surface area contributed by atoms with E-state index in [1.165, 1.54) is 36.3 Å². The standard InChI is InChI=1S/C21H21ClN4S/c22-19-13-18(26-11-5-2-6-12-26)10-9-17(19)14-23-25-21-24-20(15-27-21)16-7-3-1-4-8-16/h1,3-4,7-10,13-15H,2,5-6,11-12H2,(H,24,25). The largest absolute Gasteiger partial charge is 0.371 e. The molecule has 0 spiro atoms. The van der Waals surface area contributed by atoms with E-state index in [2.05, 4.69) is 26.5 Å². The Labute approximate surface area is 168 Å². The quantitative estimate of drug-likeness (QED) is 0.431. The van der Waals surface area contributed by atoms with Crippen molar-refractivity contribution < 1.29 is 0 Å². The van der Waals surface area contributed by atoms with E-state index in [1.807, 2.05) is 47.8 Å². The second kappa shape index (κ2) is 8.55. The van der Waals surface area contributed by atoms with Crippen LogP contribution in [0, 0.1) is 0 Å². The number of thiazole rings is 1. The summed E-state index contributed by atoms with van der Waals surface area (Å²) in [6.45, 7) is 2.22. The van der Waals surface area contributed by atoms with Crippen molar-refractivity contribution in [1.29, 1.82) is 0 Å². The van der Waals surface area contributed by atoms with Gasteiger partial charge >= 0.3 is 0 Å².